The molecule has 0 spiro atoms. The predicted octanol–water partition coefficient (Wildman–Crippen LogP) is 4.12. The smallest absolute Gasteiger partial charge is 0.0377 e. The number of hydrogen-bond acceptors (Lipinski definition) is 2. The van der Waals surface area contributed by atoms with Crippen LogP contribution in [0.1, 0.15) is 31.7 Å². The Kier molecular flexibility index (Phi) is 5.40. The molecule has 0 radical (unpaired) electrons. The van der Waals surface area contributed by atoms with Crippen LogP contribution in [0.2, 0.25) is 0 Å². The van der Waals surface area contributed by atoms with Gasteiger partial charge in [-0.25, -0.2) is 0 Å². The molecule has 2 rings (SSSR count). The molecule has 2 unspecified atom stereocenters. The highest BCUT2D eigenvalue weighted by Gasteiger charge is 2.23. The third-order valence-electron chi connectivity index (χ3n) is 3.39. The maximum atomic E-state index is 6.03. The minimum atomic E-state index is 0.449. The standard InChI is InChI=1S/C15H22ClNS/c1-11(2)7-13(8-16)17-9-12-10-18-15-6-4-3-5-14(12)15/h3-6,11-13,17H,7-10H2,1-2H3. The average molecular weight is 284 g/mol. The highest BCUT2D eigenvalue weighted by atomic mass is 35.5. The van der Waals surface area contributed by atoms with Crippen molar-refractivity contribution >= 4 is 23.4 Å². The van der Waals surface area contributed by atoms with E-state index in [1.165, 1.54) is 16.2 Å². The molecule has 1 heterocycles. The van der Waals surface area contributed by atoms with Gasteiger partial charge in [-0.2, -0.15) is 0 Å². The largest absolute Gasteiger partial charge is 0.312 e. The summed E-state index contributed by atoms with van der Waals surface area (Å²) < 4.78 is 0. The highest BCUT2D eigenvalue weighted by molar-refractivity contribution is 7.99. The summed E-state index contributed by atoms with van der Waals surface area (Å²) in [4.78, 5) is 1.45. The van der Waals surface area contributed by atoms with Crippen molar-refractivity contribution in [3.05, 3.63) is 29.8 Å². The molecule has 0 aromatic heterocycles. The first-order chi connectivity index (χ1) is 8.70. The van der Waals surface area contributed by atoms with Crippen LogP contribution in [0.3, 0.4) is 0 Å². The van der Waals surface area contributed by atoms with Crippen LogP contribution in [0.5, 0.6) is 0 Å². The SMILES string of the molecule is CC(C)CC(CCl)NCC1CSc2ccccc21. The number of thioether (sulfide) groups is 1. The van der Waals surface area contributed by atoms with E-state index >= 15 is 0 Å². The first-order valence-corrected chi connectivity index (χ1v) is 8.23. The van der Waals surface area contributed by atoms with Crippen LogP contribution >= 0.6 is 23.4 Å². The van der Waals surface area contributed by atoms with Gasteiger partial charge in [-0.15, -0.1) is 23.4 Å². The van der Waals surface area contributed by atoms with Crippen molar-refractivity contribution in [3.63, 3.8) is 0 Å². The van der Waals surface area contributed by atoms with Gasteiger partial charge in [0.15, 0.2) is 0 Å². The molecular weight excluding hydrogens is 262 g/mol. The van der Waals surface area contributed by atoms with Crippen LogP contribution in [0, 0.1) is 5.92 Å². The molecule has 18 heavy (non-hydrogen) atoms. The molecule has 2 atom stereocenters. The third-order valence-corrected chi connectivity index (χ3v) is 5.02. The molecule has 1 N–H and O–H groups in total. The first kappa shape index (κ1) is 14.2. The lowest BCUT2D eigenvalue weighted by molar-refractivity contribution is 0.437. The Balaban J connectivity index is 1.88. The van der Waals surface area contributed by atoms with Crippen LogP contribution in [0.15, 0.2) is 29.2 Å². The summed E-state index contributed by atoms with van der Waals surface area (Å²) in [5.41, 5.74) is 1.51. The zero-order chi connectivity index (χ0) is 13.0. The normalized spacial score (nSPS) is 20.1. The lowest BCUT2D eigenvalue weighted by Crippen LogP contribution is -2.35. The van der Waals surface area contributed by atoms with Crippen LogP contribution in [0.25, 0.3) is 0 Å². The van der Waals surface area contributed by atoms with E-state index in [2.05, 4.69) is 43.4 Å². The second kappa shape index (κ2) is 6.83. The van der Waals surface area contributed by atoms with E-state index in [1.54, 1.807) is 0 Å². The summed E-state index contributed by atoms with van der Waals surface area (Å²) in [5, 5.41) is 3.64. The number of rotatable bonds is 6. The molecule has 3 heteroatoms. The van der Waals surface area contributed by atoms with Gasteiger partial charge >= 0.3 is 0 Å². The van der Waals surface area contributed by atoms with E-state index in [1.807, 2.05) is 11.8 Å². The quantitative estimate of drug-likeness (QED) is 0.788. The van der Waals surface area contributed by atoms with E-state index in [0.29, 0.717) is 23.8 Å². The number of fused-ring (bicyclic) bond motifs is 1. The van der Waals surface area contributed by atoms with E-state index in [4.69, 9.17) is 11.6 Å². The van der Waals surface area contributed by atoms with Crippen LogP contribution < -0.4 is 5.32 Å². The molecule has 0 bridgehead atoms. The van der Waals surface area contributed by atoms with Crippen molar-refractivity contribution in [2.24, 2.45) is 5.92 Å². The Morgan fingerprint density at radius 2 is 2.17 bits per heavy atom. The maximum Gasteiger partial charge on any atom is 0.0377 e. The van der Waals surface area contributed by atoms with Gasteiger partial charge in [-0.05, 0) is 24.0 Å². The predicted molar refractivity (Wildman–Crippen MR) is 81.9 cm³/mol. The van der Waals surface area contributed by atoms with Gasteiger partial charge in [0.2, 0.25) is 0 Å². The molecule has 0 saturated heterocycles. The van der Waals surface area contributed by atoms with Crippen molar-refractivity contribution in [2.45, 2.75) is 37.1 Å². The number of nitrogens with one attached hydrogen (secondary N) is 1. The lowest BCUT2D eigenvalue weighted by Gasteiger charge is -2.20. The van der Waals surface area contributed by atoms with Crippen LogP contribution in [-0.2, 0) is 0 Å². The van der Waals surface area contributed by atoms with Crippen molar-refractivity contribution in [3.8, 4) is 0 Å². The van der Waals surface area contributed by atoms with Gasteiger partial charge in [0.25, 0.3) is 0 Å². The average Bonchev–Trinajstić information content (AvgIpc) is 2.77. The fraction of sp³-hybridized carbons (Fsp3) is 0.600. The first-order valence-electron chi connectivity index (χ1n) is 6.71. The topological polar surface area (TPSA) is 12.0 Å². The van der Waals surface area contributed by atoms with Gasteiger partial charge in [0.05, 0.1) is 0 Å². The van der Waals surface area contributed by atoms with Gasteiger partial charge in [0.1, 0.15) is 0 Å². The molecule has 0 amide bonds. The second-order valence-corrected chi connectivity index (χ2v) is 6.81. The van der Waals surface area contributed by atoms with Gasteiger partial charge in [-0.1, -0.05) is 32.0 Å². The van der Waals surface area contributed by atoms with E-state index < -0.39 is 0 Å². The van der Waals surface area contributed by atoms with Crippen LogP contribution in [-0.4, -0.2) is 24.2 Å². The Morgan fingerprint density at radius 1 is 1.39 bits per heavy atom. The molecule has 0 saturated carbocycles. The van der Waals surface area contributed by atoms with Gasteiger partial charge in [0, 0.05) is 35.0 Å². The van der Waals surface area contributed by atoms with Crippen molar-refractivity contribution in [1.82, 2.24) is 5.32 Å². The third kappa shape index (κ3) is 3.66. The molecule has 100 valence electrons. The molecule has 1 aliphatic heterocycles. The fourth-order valence-electron chi connectivity index (χ4n) is 2.48. The van der Waals surface area contributed by atoms with Gasteiger partial charge in [-0.3, -0.25) is 0 Å². The fourth-order valence-corrected chi connectivity index (χ4v) is 3.97. The molecular formula is C15H22ClNS. The zero-order valence-electron chi connectivity index (χ0n) is 11.2. The zero-order valence-corrected chi connectivity index (χ0v) is 12.7. The molecule has 0 aliphatic carbocycles. The minimum Gasteiger partial charge on any atom is -0.312 e. The minimum absolute atomic E-state index is 0.449. The molecule has 1 aromatic carbocycles. The van der Waals surface area contributed by atoms with Crippen molar-refractivity contribution in [2.75, 3.05) is 18.2 Å². The van der Waals surface area contributed by atoms with Crippen molar-refractivity contribution in [1.29, 1.82) is 0 Å². The van der Waals surface area contributed by atoms with Gasteiger partial charge < -0.3 is 5.32 Å². The van der Waals surface area contributed by atoms with Crippen molar-refractivity contribution < 1.29 is 0 Å². The van der Waals surface area contributed by atoms with Crippen LogP contribution in [0.4, 0.5) is 0 Å². The monoisotopic (exact) mass is 283 g/mol. The van der Waals surface area contributed by atoms with E-state index in [0.717, 1.165) is 13.0 Å². The second-order valence-electron chi connectivity index (χ2n) is 5.43. The number of benzene rings is 1. The van der Waals surface area contributed by atoms with E-state index in [9.17, 15) is 0 Å². The molecule has 1 nitrogen and oxygen atoms in total. The Bertz CT molecular complexity index is 381. The Hall–Kier alpha value is -0.180. The molecule has 0 fully saturated rings. The summed E-state index contributed by atoms with van der Waals surface area (Å²) >= 11 is 8.01. The molecule has 1 aromatic rings. The summed E-state index contributed by atoms with van der Waals surface area (Å²) in [6, 6.07) is 9.21. The lowest BCUT2D eigenvalue weighted by atomic mass is 10.00. The summed E-state index contributed by atoms with van der Waals surface area (Å²) in [6.45, 7) is 5.55. The maximum absolute atomic E-state index is 6.03. The summed E-state index contributed by atoms with van der Waals surface area (Å²) in [6.07, 6.45) is 1.16. The number of hydrogen-bond donors (Lipinski definition) is 1. The number of alkyl halides is 1. The highest BCUT2D eigenvalue weighted by Crippen LogP contribution is 2.38. The Labute approximate surface area is 120 Å². The Morgan fingerprint density at radius 3 is 2.89 bits per heavy atom. The number of halogens is 1. The molecule has 1 aliphatic rings. The summed E-state index contributed by atoms with van der Waals surface area (Å²) in [7, 11) is 0. The summed E-state index contributed by atoms with van der Waals surface area (Å²) in [5.74, 6) is 3.25. The van der Waals surface area contributed by atoms with E-state index in [-0.39, 0.29) is 0 Å².